The van der Waals surface area contributed by atoms with Gasteiger partial charge in [0.25, 0.3) is 0 Å². The predicted molar refractivity (Wildman–Crippen MR) is 113 cm³/mol. The van der Waals surface area contributed by atoms with Gasteiger partial charge in [-0.05, 0) is 38.0 Å². The number of hydrogen-bond donors (Lipinski definition) is 0. The fraction of sp³-hybridized carbons (Fsp3) is 0.250. The highest BCUT2D eigenvalue weighted by molar-refractivity contribution is 7.16. The normalized spacial score (nSPS) is 11.2. The number of aryl methyl sites for hydroxylation is 3. The molecule has 0 amide bonds. The SMILES string of the molecule is Cc1ncc(CCC(=O)c2sc(-n3cnn(Cc4ccc(F)cc4)c3=O)nc2C)s1. The number of halogens is 1. The smallest absolute Gasteiger partial charge is 0.293 e. The van der Waals surface area contributed by atoms with Crippen LogP contribution in [-0.2, 0) is 13.0 Å². The molecule has 10 heteroatoms. The van der Waals surface area contributed by atoms with E-state index in [-0.39, 0.29) is 23.8 Å². The lowest BCUT2D eigenvalue weighted by Crippen LogP contribution is -2.24. The van der Waals surface area contributed by atoms with Crippen molar-refractivity contribution in [3.63, 3.8) is 0 Å². The molecule has 0 unspecified atom stereocenters. The molecule has 4 rings (SSSR count). The number of hydrogen-bond acceptors (Lipinski definition) is 7. The zero-order chi connectivity index (χ0) is 21.3. The first kappa shape index (κ1) is 20.3. The molecule has 3 heterocycles. The van der Waals surface area contributed by atoms with Crippen LogP contribution in [0.25, 0.3) is 5.13 Å². The van der Waals surface area contributed by atoms with Crippen molar-refractivity contribution in [2.24, 2.45) is 0 Å². The summed E-state index contributed by atoms with van der Waals surface area (Å²) in [6, 6.07) is 5.89. The van der Waals surface area contributed by atoms with E-state index in [0.29, 0.717) is 28.5 Å². The van der Waals surface area contributed by atoms with E-state index < -0.39 is 0 Å². The van der Waals surface area contributed by atoms with Crippen LogP contribution in [-0.4, -0.2) is 30.1 Å². The average molecular weight is 444 g/mol. The van der Waals surface area contributed by atoms with Gasteiger partial charge in [0.1, 0.15) is 12.1 Å². The van der Waals surface area contributed by atoms with Crippen LogP contribution in [0.5, 0.6) is 0 Å². The second kappa shape index (κ2) is 8.41. The maximum atomic E-state index is 13.1. The third-order valence-electron chi connectivity index (χ3n) is 4.49. The van der Waals surface area contributed by atoms with Crippen LogP contribution in [0.3, 0.4) is 0 Å². The van der Waals surface area contributed by atoms with Crippen molar-refractivity contribution in [1.29, 1.82) is 0 Å². The van der Waals surface area contributed by atoms with Crippen molar-refractivity contribution in [2.75, 3.05) is 0 Å². The molecule has 0 N–H and O–H groups in total. The molecule has 1 aromatic carbocycles. The van der Waals surface area contributed by atoms with Crippen LogP contribution in [0.1, 0.15) is 37.2 Å². The first-order valence-corrected chi connectivity index (χ1v) is 10.8. The summed E-state index contributed by atoms with van der Waals surface area (Å²) < 4.78 is 15.7. The van der Waals surface area contributed by atoms with E-state index in [1.807, 2.05) is 6.92 Å². The molecule has 0 saturated carbocycles. The summed E-state index contributed by atoms with van der Waals surface area (Å²) in [6.45, 7) is 3.91. The van der Waals surface area contributed by atoms with Gasteiger partial charge in [0.2, 0.25) is 0 Å². The minimum Gasteiger partial charge on any atom is -0.293 e. The van der Waals surface area contributed by atoms with Gasteiger partial charge in [0.05, 0.1) is 22.1 Å². The third kappa shape index (κ3) is 4.29. The summed E-state index contributed by atoms with van der Waals surface area (Å²) in [7, 11) is 0. The molecular formula is C20H18FN5O2S2. The zero-order valence-electron chi connectivity index (χ0n) is 16.3. The summed E-state index contributed by atoms with van der Waals surface area (Å²) in [4.78, 5) is 35.6. The van der Waals surface area contributed by atoms with Gasteiger partial charge in [-0.3, -0.25) is 4.79 Å². The molecule has 30 heavy (non-hydrogen) atoms. The van der Waals surface area contributed by atoms with Crippen LogP contribution in [0.2, 0.25) is 0 Å². The maximum absolute atomic E-state index is 13.1. The lowest BCUT2D eigenvalue weighted by atomic mass is 10.1. The lowest BCUT2D eigenvalue weighted by Gasteiger charge is -2.00. The number of benzene rings is 1. The van der Waals surface area contributed by atoms with Gasteiger partial charge in [-0.25, -0.2) is 28.4 Å². The topological polar surface area (TPSA) is 82.7 Å². The van der Waals surface area contributed by atoms with Crippen molar-refractivity contribution >= 4 is 28.5 Å². The van der Waals surface area contributed by atoms with Crippen molar-refractivity contribution in [3.8, 4) is 5.13 Å². The van der Waals surface area contributed by atoms with Crippen LogP contribution < -0.4 is 5.69 Å². The fourth-order valence-electron chi connectivity index (χ4n) is 2.95. The van der Waals surface area contributed by atoms with Gasteiger partial charge in [-0.2, -0.15) is 5.10 Å². The van der Waals surface area contributed by atoms with Gasteiger partial charge < -0.3 is 0 Å². The van der Waals surface area contributed by atoms with Crippen LogP contribution in [0, 0.1) is 19.7 Å². The molecule has 0 fully saturated rings. The number of carbonyl (C=O) groups excluding carboxylic acids is 1. The molecule has 0 saturated heterocycles. The van der Waals surface area contributed by atoms with E-state index in [4.69, 9.17) is 0 Å². The van der Waals surface area contributed by atoms with E-state index in [9.17, 15) is 14.0 Å². The molecule has 0 aliphatic carbocycles. The number of nitrogens with zero attached hydrogens (tertiary/aromatic N) is 5. The van der Waals surface area contributed by atoms with Crippen molar-refractivity contribution in [1.82, 2.24) is 24.3 Å². The first-order chi connectivity index (χ1) is 14.4. The summed E-state index contributed by atoms with van der Waals surface area (Å²) in [5.41, 5.74) is 0.985. The number of Topliss-reactive ketones (excluding diaryl/α,β-unsaturated/α-hetero) is 1. The minimum atomic E-state index is -0.368. The molecular weight excluding hydrogens is 425 g/mol. The molecule has 0 atom stereocenters. The monoisotopic (exact) mass is 443 g/mol. The van der Waals surface area contributed by atoms with E-state index in [1.165, 1.54) is 39.0 Å². The first-order valence-electron chi connectivity index (χ1n) is 9.22. The standard InChI is InChI=1S/C20H18FN5O2S2/c1-12-18(17(27)8-7-16-9-22-13(2)29-16)30-19(24-12)25-11-23-26(20(25)28)10-14-3-5-15(21)6-4-14/h3-6,9,11H,7-8,10H2,1-2H3. The van der Waals surface area contributed by atoms with Gasteiger partial charge in [0, 0.05) is 17.5 Å². The second-order valence-electron chi connectivity index (χ2n) is 6.75. The Morgan fingerprint density at radius 1 is 1.17 bits per heavy atom. The predicted octanol–water partition coefficient (Wildman–Crippen LogP) is 3.57. The van der Waals surface area contributed by atoms with E-state index in [2.05, 4.69) is 15.1 Å². The van der Waals surface area contributed by atoms with Crippen molar-refractivity contribution in [2.45, 2.75) is 33.2 Å². The second-order valence-corrected chi connectivity index (χ2v) is 9.04. The quantitative estimate of drug-likeness (QED) is 0.408. The van der Waals surface area contributed by atoms with Gasteiger partial charge in [-0.15, -0.1) is 11.3 Å². The Hall–Kier alpha value is -2.98. The maximum Gasteiger partial charge on any atom is 0.352 e. The molecule has 154 valence electrons. The summed E-state index contributed by atoms with van der Waals surface area (Å²) >= 11 is 2.77. The highest BCUT2D eigenvalue weighted by atomic mass is 32.1. The molecule has 0 aliphatic heterocycles. The molecule has 0 aliphatic rings. The number of rotatable bonds is 7. The number of ketones is 1. The van der Waals surface area contributed by atoms with Gasteiger partial charge in [-0.1, -0.05) is 23.5 Å². The Kier molecular flexibility index (Phi) is 5.69. The Balaban J connectivity index is 1.51. The lowest BCUT2D eigenvalue weighted by molar-refractivity contribution is 0.0986. The van der Waals surface area contributed by atoms with Crippen molar-refractivity contribution < 1.29 is 9.18 Å². The molecule has 0 spiro atoms. The molecule has 0 radical (unpaired) electrons. The van der Waals surface area contributed by atoms with E-state index >= 15 is 0 Å². The number of thiazole rings is 2. The Labute approximate surface area is 179 Å². The largest absolute Gasteiger partial charge is 0.352 e. The van der Waals surface area contributed by atoms with Crippen molar-refractivity contribution in [3.05, 3.63) is 79.1 Å². The minimum absolute atomic E-state index is 0.00550. The van der Waals surface area contributed by atoms with Crippen LogP contribution in [0.4, 0.5) is 4.39 Å². The van der Waals surface area contributed by atoms with Crippen LogP contribution >= 0.6 is 22.7 Å². The molecule has 4 aromatic rings. The summed E-state index contributed by atoms with van der Waals surface area (Å²) in [5, 5.41) is 5.50. The average Bonchev–Trinajstić information content (AvgIpc) is 3.41. The molecule has 3 aromatic heterocycles. The summed E-state index contributed by atoms with van der Waals surface area (Å²) in [6.07, 6.45) is 4.18. The third-order valence-corrected chi connectivity index (χ3v) is 6.66. The van der Waals surface area contributed by atoms with Crippen LogP contribution in [0.15, 0.2) is 41.6 Å². The molecule has 7 nitrogen and oxygen atoms in total. The van der Waals surface area contributed by atoms with E-state index in [0.717, 1.165) is 15.4 Å². The Morgan fingerprint density at radius 3 is 2.63 bits per heavy atom. The highest BCUT2D eigenvalue weighted by Crippen LogP contribution is 2.23. The van der Waals surface area contributed by atoms with Gasteiger partial charge in [0.15, 0.2) is 10.9 Å². The van der Waals surface area contributed by atoms with Gasteiger partial charge >= 0.3 is 5.69 Å². The van der Waals surface area contributed by atoms with E-state index in [1.54, 1.807) is 36.6 Å². The fourth-order valence-corrected chi connectivity index (χ4v) is 4.75. The Bertz CT molecular complexity index is 1250. The summed E-state index contributed by atoms with van der Waals surface area (Å²) in [5.74, 6) is -0.341. The molecule has 0 bridgehead atoms. The number of aromatic nitrogens is 5. The Morgan fingerprint density at radius 2 is 1.93 bits per heavy atom. The number of carbonyl (C=O) groups is 1. The highest BCUT2D eigenvalue weighted by Gasteiger charge is 2.18. The zero-order valence-corrected chi connectivity index (χ0v) is 18.0.